The second kappa shape index (κ2) is 8.59. The Labute approximate surface area is 151 Å². The molecule has 0 radical (unpaired) electrons. The summed E-state index contributed by atoms with van der Waals surface area (Å²) in [4.78, 5) is 45.2. The van der Waals surface area contributed by atoms with Crippen molar-refractivity contribution in [2.75, 3.05) is 6.61 Å². The van der Waals surface area contributed by atoms with Gasteiger partial charge < -0.3 is 28.8 Å². The van der Waals surface area contributed by atoms with Crippen LogP contribution in [0.5, 0.6) is 0 Å². The first-order valence-electron chi connectivity index (χ1n) is 7.18. The summed E-state index contributed by atoms with van der Waals surface area (Å²) in [6.07, 6.45) is -5.47. The van der Waals surface area contributed by atoms with Crippen LogP contribution in [-0.4, -0.2) is 64.7 Å². The van der Waals surface area contributed by atoms with Gasteiger partial charge in [-0.15, -0.1) is 0 Å². The molecule has 1 aliphatic heterocycles. The van der Waals surface area contributed by atoms with Crippen molar-refractivity contribution in [3.8, 4) is 0 Å². The van der Waals surface area contributed by atoms with E-state index in [4.69, 9.17) is 23.7 Å². The van der Waals surface area contributed by atoms with E-state index in [-0.39, 0.29) is 0 Å². The van der Waals surface area contributed by atoms with Crippen LogP contribution in [0.25, 0.3) is 0 Å². The van der Waals surface area contributed by atoms with Crippen LogP contribution in [0.1, 0.15) is 27.7 Å². The van der Waals surface area contributed by atoms with Crippen LogP contribution in [0.4, 0.5) is 0 Å². The van der Waals surface area contributed by atoms with Crippen molar-refractivity contribution < 1.29 is 48.0 Å². The predicted octanol–water partition coefficient (Wildman–Crippen LogP) is -0.216. The molecule has 0 aliphatic carbocycles. The summed E-state index contributed by atoms with van der Waals surface area (Å²) in [6, 6.07) is 0. The molecular formula is C14H19BrO10. The summed E-state index contributed by atoms with van der Waals surface area (Å²) in [5, 5.41) is 10.4. The average molecular weight is 427 g/mol. The zero-order valence-corrected chi connectivity index (χ0v) is 15.6. The zero-order chi connectivity index (χ0) is 19.4. The average Bonchev–Trinajstić information content (AvgIpc) is 2.42. The largest absolute Gasteiger partial charge is 0.463 e. The van der Waals surface area contributed by atoms with Gasteiger partial charge in [0.05, 0.1) is 0 Å². The van der Waals surface area contributed by atoms with E-state index in [0.29, 0.717) is 0 Å². The van der Waals surface area contributed by atoms with Crippen LogP contribution < -0.4 is 0 Å². The number of esters is 4. The number of carbonyl (C=O) groups excluding carboxylic acids is 4. The molecule has 11 heteroatoms. The van der Waals surface area contributed by atoms with Crippen LogP contribution in [0.3, 0.4) is 0 Å². The Kier molecular flexibility index (Phi) is 7.32. The van der Waals surface area contributed by atoms with Gasteiger partial charge in [0, 0.05) is 27.7 Å². The molecule has 0 saturated carbocycles. The number of hydrogen-bond donors (Lipinski definition) is 1. The maximum atomic E-state index is 11.4. The van der Waals surface area contributed by atoms with Gasteiger partial charge in [0.15, 0.2) is 12.2 Å². The summed E-state index contributed by atoms with van der Waals surface area (Å²) in [5.74, 6) is -2.98. The topological polar surface area (TPSA) is 135 Å². The molecule has 1 saturated heterocycles. The summed E-state index contributed by atoms with van der Waals surface area (Å²) in [5.41, 5.74) is 0. The lowest BCUT2D eigenvalue weighted by Crippen LogP contribution is -2.66. The monoisotopic (exact) mass is 426 g/mol. The molecule has 0 unspecified atom stereocenters. The first-order valence-corrected chi connectivity index (χ1v) is 7.97. The molecule has 25 heavy (non-hydrogen) atoms. The Balaban J connectivity index is 3.24. The van der Waals surface area contributed by atoms with Crippen molar-refractivity contribution in [3.05, 3.63) is 0 Å². The molecule has 1 rings (SSSR count). The molecule has 0 aromatic rings. The molecule has 142 valence electrons. The highest BCUT2D eigenvalue weighted by molar-refractivity contribution is 9.10. The zero-order valence-electron chi connectivity index (χ0n) is 14.0. The number of halogens is 1. The van der Waals surface area contributed by atoms with Gasteiger partial charge in [-0.25, -0.2) is 0 Å². The molecule has 0 spiro atoms. The van der Waals surface area contributed by atoms with Gasteiger partial charge in [-0.3, -0.25) is 19.2 Å². The first kappa shape index (κ1) is 21.3. The van der Waals surface area contributed by atoms with Crippen LogP contribution in [0, 0.1) is 0 Å². The Morgan fingerprint density at radius 2 is 1.40 bits per heavy atom. The van der Waals surface area contributed by atoms with Gasteiger partial charge in [0.25, 0.3) is 4.70 Å². The summed E-state index contributed by atoms with van der Waals surface area (Å²) in [7, 11) is 0. The Hall–Kier alpha value is -1.72. The predicted molar refractivity (Wildman–Crippen MR) is 82.0 cm³/mol. The maximum absolute atomic E-state index is 11.4. The Morgan fingerprint density at radius 3 is 1.84 bits per heavy atom. The third-order valence-corrected chi connectivity index (χ3v) is 3.64. The van der Waals surface area contributed by atoms with E-state index < -0.39 is 59.6 Å². The van der Waals surface area contributed by atoms with Gasteiger partial charge >= 0.3 is 23.9 Å². The van der Waals surface area contributed by atoms with Crippen molar-refractivity contribution in [2.45, 2.75) is 56.8 Å². The normalized spacial score (nSPS) is 31.6. The van der Waals surface area contributed by atoms with Crippen molar-refractivity contribution in [2.24, 2.45) is 0 Å². The molecule has 1 aliphatic rings. The highest BCUT2D eigenvalue weighted by Gasteiger charge is 2.58. The summed E-state index contributed by atoms with van der Waals surface area (Å²) in [6.45, 7) is 3.99. The van der Waals surface area contributed by atoms with E-state index in [0.717, 1.165) is 27.7 Å². The SMILES string of the molecule is CC(=O)OC[C@H]1O[C@@](O)(Br)[C@H](OC(C)=O)[C@@H](OC(C)=O)[C@@H]1OC(C)=O. The van der Waals surface area contributed by atoms with E-state index in [2.05, 4.69) is 15.9 Å². The van der Waals surface area contributed by atoms with Gasteiger partial charge in [-0.2, -0.15) is 0 Å². The minimum atomic E-state index is -2.28. The molecule has 0 aromatic carbocycles. The third kappa shape index (κ3) is 6.25. The maximum Gasteiger partial charge on any atom is 0.303 e. The number of alkyl halides is 1. The fourth-order valence-corrected chi connectivity index (χ4v) is 2.83. The molecule has 1 fully saturated rings. The van der Waals surface area contributed by atoms with Gasteiger partial charge in [-0.05, 0) is 15.9 Å². The number of hydrogen-bond acceptors (Lipinski definition) is 10. The number of aliphatic hydroxyl groups is 1. The van der Waals surface area contributed by atoms with Crippen molar-refractivity contribution in [3.63, 3.8) is 0 Å². The smallest absolute Gasteiger partial charge is 0.303 e. The fourth-order valence-electron chi connectivity index (χ4n) is 2.23. The molecule has 5 atom stereocenters. The molecule has 0 amide bonds. The highest BCUT2D eigenvalue weighted by atomic mass is 79.9. The van der Waals surface area contributed by atoms with E-state index in [9.17, 15) is 24.3 Å². The van der Waals surface area contributed by atoms with E-state index >= 15 is 0 Å². The van der Waals surface area contributed by atoms with E-state index in [1.807, 2.05) is 0 Å². The second-order valence-electron chi connectivity index (χ2n) is 5.25. The van der Waals surface area contributed by atoms with Crippen LogP contribution in [-0.2, 0) is 42.9 Å². The Morgan fingerprint density at radius 1 is 0.920 bits per heavy atom. The summed E-state index contributed by atoms with van der Waals surface area (Å²) < 4.78 is 23.0. The second-order valence-corrected chi connectivity index (χ2v) is 6.38. The standard InChI is InChI=1S/C14H19BrO10/c1-6(16)21-5-10-11(22-7(2)17)12(23-8(3)18)13(24-9(4)19)14(15,20)25-10/h10-13,20H,5H2,1-4H3/t10-,11-,12+,13-,14-/m1/s1. The lowest BCUT2D eigenvalue weighted by molar-refractivity contribution is -0.309. The minimum Gasteiger partial charge on any atom is -0.463 e. The molecule has 1 heterocycles. The third-order valence-electron chi connectivity index (χ3n) is 3.00. The number of carbonyl (C=O) groups is 4. The molecule has 0 aromatic heterocycles. The molecule has 0 bridgehead atoms. The number of ether oxygens (including phenoxy) is 5. The van der Waals surface area contributed by atoms with E-state index in [1.165, 1.54) is 0 Å². The van der Waals surface area contributed by atoms with Gasteiger partial charge in [-0.1, -0.05) is 0 Å². The number of rotatable bonds is 5. The first-order chi connectivity index (χ1) is 11.4. The molecule has 1 N–H and O–H groups in total. The van der Waals surface area contributed by atoms with E-state index in [1.54, 1.807) is 0 Å². The van der Waals surface area contributed by atoms with Gasteiger partial charge in [0.2, 0.25) is 6.10 Å². The minimum absolute atomic E-state index is 0.411. The van der Waals surface area contributed by atoms with Gasteiger partial charge in [0.1, 0.15) is 12.7 Å². The van der Waals surface area contributed by atoms with Crippen molar-refractivity contribution in [1.82, 2.24) is 0 Å². The summed E-state index contributed by atoms with van der Waals surface area (Å²) >= 11 is 2.84. The molecular weight excluding hydrogens is 408 g/mol. The highest BCUT2D eigenvalue weighted by Crippen LogP contribution is 2.38. The fraction of sp³-hybridized carbons (Fsp3) is 0.714. The van der Waals surface area contributed by atoms with Crippen molar-refractivity contribution >= 4 is 39.8 Å². The van der Waals surface area contributed by atoms with Crippen LogP contribution in [0.15, 0.2) is 0 Å². The van der Waals surface area contributed by atoms with Crippen LogP contribution >= 0.6 is 15.9 Å². The van der Waals surface area contributed by atoms with Crippen molar-refractivity contribution in [1.29, 1.82) is 0 Å². The Bertz CT molecular complexity index is 546. The lowest BCUT2D eigenvalue weighted by atomic mass is 9.98. The quantitative estimate of drug-likeness (QED) is 0.357. The lowest BCUT2D eigenvalue weighted by Gasteiger charge is -2.46. The van der Waals surface area contributed by atoms with Crippen LogP contribution in [0.2, 0.25) is 0 Å². The molecule has 10 nitrogen and oxygen atoms in total.